The van der Waals surface area contributed by atoms with Gasteiger partial charge in [-0.15, -0.1) is 0 Å². The molecular weight excluding hydrogens is 266 g/mol. The van der Waals surface area contributed by atoms with Crippen LogP contribution in [0, 0.1) is 5.21 Å². The summed E-state index contributed by atoms with van der Waals surface area (Å²) in [5, 5.41) is 12.2. The van der Waals surface area contributed by atoms with Crippen LogP contribution in [-0.2, 0) is 0 Å². The Labute approximate surface area is 132 Å². The van der Waals surface area contributed by atoms with Crippen molar-refractivity contribution in [3.05, 3.63) is 5.21 Å². The van der Waals surface area contributed by atoms with Crippen LogP contribution in [0.4, 0.5) is 0 Å². The number of hydrogen-bond donors (Lipinski definition) is 0. The molecule has 0 spiro atoms. The molecule has 4 nitrogen and oxygen atoms in total. The molecule has 0 heterocycles. The second-order valence-corrected chi connectivity index (χ2v) is 6.28. The first-order chi connectivity index (χ1) is 9.12. The van der Waals surface area contributed by atoms with E-state index in [4.69, 9.17) is 0 Å². The van der Waals surface area contributed by atoms with Crippen LogP contribution in [-0.4, -0.2) is 35.7 Å². The van der Waals surface area contributed by atoms with Crippen LogP contribution in [0.15, 0.2) is 0 Å². The zero-order chi connectivity index (χ0) is 14.4. The van der Waals surface area contributed by atoms with Gasteiger partial charge in [-0.05, 0) is 25.7 Å². The highest BCUT2D eigenvalue weighted by Crippen LogP contribution is 2.12. The maximum absolute atomic E-state index is 12.2. The van der Waals surface area contributed by atoms with Crippen molar-refractivity contribution in [2.45, 2.75) is 90.9 Å². The summed E-state index contributed by atoms with van der Waals surface area (Å²) in [5.74, 6) is 0. The summed E-state index contributed by atoms with van der Waals surface area (Å²) in [5.41, 5.74) is 0. The van der Waals surface area contributed by atoms with Gasteiger partial charge in [0.15, 0.2) is 0 Å². The van der Waals surface area contributed by atoms with Crippen molar-refractivity contribution < 1.29 is 15.6 Å². The van der Waals surface area contributed by atoms with Gasteiger partial charge in [0.25, 0.3) is 0 Å². The molecule has 0 saturated carbocycles. The van der Waals surface area contributed by atoms with Crippen molar-refractivity contribution in [3.8, 4) is 0 Å². The van der Waals surface area contributed by atoms with E-state index in [9.17, 15) is 5.21 Å². The lowest BCUT2D eigenvalue weighted by Gasteiger charge is -2.39. The molecule has 0 amide bonds. The third kappa shape index (κ3) is 19.8. The quantitative estimate of drug-likeness (QED) is 0.271. The minimum atomic E-state index is -0.0123. The summed E-state index contributed by atoms with van der Waals surface area (Å²) < 4.78 is -0.0123. The van der Waals surface area contributed by atoms with Crippen molar-refractivity contribution in [2.75, 3.05) is 20.1 Å². The van der Waals surface area contributed by atoms with Gasteiger partial charge in [-0.2, -0.15) is 0 Å². The van der Waals surface area contributed by atoms with E-state index in [1.807, 2.05) is 7.05 Å². The molecule has 0 aromatic carbocycles. The van der Waals surface area contributed by atoms with Gasteiger partial charge in [-0.3, -0.25) is 0 Å². The summed E-state index contributed by atoms with van der Waals surface area (Å²) in [6.07, 6.45) is 15.3. The van der Waals surface area contributed by atoms with E-state index < -0.39 is 0 Å². The third-order valence-corrected chi connectivity index (χ3v) is 3.97. The topological polar surface area (TPSA) is 86.1 Å². The molecule has 21 heavy (non-hydrogen) atoms. The van der Waals surface area contributed by atoms with Crippen molar-refractivity contribution >= 4 is 0 Å². The van der Waals surface area contributed by atoms with Crippen LogP contribution in [0.3, 0.4) is 0 Å². The smallest absolute Gasteiger partial charge is 0.0781 e. The zero-order valence-corrected chi connectivity index (χ0v) is 14.8. The molecule has 0 aliphatic carbocycles. The van der Waals surface area contributed by atoms with E-state index in [1.165, 1.54) is 64.2 Å². The summed E-state index contributed by atoms with van der Waals surface area (Å²) in [7, 11) is 1.86. The molecule has 0 atom stereocenters. The Morgan fingerprint density at radius 2 is 0.857 bits per heavy atom. The highest BCUT2D eigenvalue weighted by Gasteiger charge is 2.08. The van der Waals surface area contributed by atoms with Crippen LogP contribution >= 0.6 is 0 Å². The third-order valence-electron chi connectivity index (χ3n) is 3.97. The average Bonchev–Trinajstić information content (AvgIpc) is 2.38. The predicted octanol–water partition coefficient (Wildman–Crippen LogP) is 4.00. The second kappa shape index (κ2) is 17.9. The Bertz CT molecular complexity index is 169. The van der Waals surface area contributed by atoms with Gasteiger partial charge in [0, 0.05) is 0 Å². The lowest BCUT2D eigenvalue weighted by Crippen LogP contribution is -2.39. The average molecular weight is 308 g/mol. The van der Waals surface area contributed by atoms with Crippen molar-refractivity contribution in [3.63, 3.8) is 0 Å². The predicted molar refractivity (Wildman–Crippen MR) is 93.3 cm³/mol. The van der Waals surface area contributed by atoms with Crippen molar-refractivity contribution in [1.82, 2.24) is 0 Å². The zero-order valence-electron chi connectivity index (χ0n) is 14.8. The fourth-order valence-corrected chi connectivity index (χ4v) is 2.57. The molecule has 4 heteroatoms. The maximum atomic E-state index is 12.2. The van der Waals surface area contributed by atoms with Crippen LogP contribution in [0.5, 0.6) is 0 Å². The molecule has 0 fully saturated rings. The minimum Gasteiger partial charge on any atom is -0.633 e. The van der Waals surface area contributed by atoms with E-state index in [0.29, 0.717) is 0 Å². The highest BCUT2D eigenvalue weighted by atomic mass is 16.5. The van der Waals surface area contributed by atoms with Gasteiger partial charge < -0.3 is 20.8 Å². The summed E-state index contributed by atoms with van der Waals surface area (Å²) >= 11 is 0. The van der Waals surface area contributed by atoms with Gasteiger partial charge >= 0.3 is 0 Å². The Balaban J connectivity index is -0.00000162. The van der Waals surface area contributed by atoms with Crippen molar-refractivity contribution in [1.29, 1.82) is 0 Å². The Hall–Kier alpha value is -0.160. The lowest BCUT2D eigenvalue weighted by molar-refractivity contribution is -0.861. The first-order valence-electron chi connectivity index (χ1n) is 8.68. The first kappa shape index (κ1) is 25.8. The Morgan fingerprint density at radius 3 is 1.19 bits per heavy atom. The SMILES string of the molecule is CCCCCCCC[N+](C)([O-])CCCCCCCC.O.O. The maximum Gasteiger partial charge on any atom is 0.0781 e. The molecule has 0 saturated heterocycles. The van der Waals surface area contributed by atoms with E-state index in [2.05, 4.69) is 13.8 Å². The molecule has 0 aromatic rings. The second-order valence-electron chi connectivity index (χ2n) is 6.28. The molecule has 0 aliphatic heterocycles. The van der Waals surface area contributed by atoms with Gasteiger partial charge in [-0.25, -0.2) is 0 Å². The monoisotopic (exact) mass is 307 g/mol. The number of hydroxylamine groups is 3. The summed E-state index contributed by atoms with van der Waals surface area (Å²) in [6.45, 7) is 6.13. The fraction of sp³-hybridized carbons (Fsp3) is 1.00. The highest BCUT2D eigenvalue weighted by molar-refractivity contribution is 4.48. The van der Waals surface area contributed by atoms with Crippen LogP contribution in [0.25, 0.3) is 0 Å². The van der Waals surface area contributed by atoms with Crippen molar-refractivity contribution in [2.24, 2.45) is 0 Å². The van der Waals surface area contributed by atoms with Gasteiger partial charge in [0.1, 0.15) is 0 Å². The minimum absolute atomic E-state index is 0. The number of hydrogen-bond acceptors (Lipinski definition) is 1. The Morgan fingerprint density at radius 1 is 0.571 bits per heavy atom. The molecule has 4 N–H and O–H groups in total. The summed E-state index contributed by atoms with van der Waals surface area (Å²) in [6, 6.07) is 0. The standard InChI is InChI=1S/C17H37NO.2H2O/c1-4-6-8-10-12-14-16-18(3,19)17-15-13-11-9-7-5-2;;/h4-17H2,1-3H3;2*1H2. The van der Waals surface area contributed by atoms with Crippen LogP contribution in [0.2, 0.25) is 0 Å². The molecular formula is C17H41NO3. The molecule has 132 valence electrons. The molecule has 0 aliphatic rings. The van der Waals surface area contributed by atoms with E-state index in [-0.39, 0.29) is 15.6 Å². The van der Waals surface area contributed by atoms with E-state index in [0.717, 1.165) is 25.9 Å². The lowest BCUT2D eigenvalue weighted by atomic mass is 10.1. The van der Waals surface area contributed by atoms with E-state index >= 15 is 0 Å². The van der Waals surface area contributed by atoms with Gasteiger partial charge in [0.2, 0.25) is 0 Å². The molecule has 0 aromatic heterocycles. The van der Waals surface area contributed by atoms with Crippen LogP contribution < -0.4 is 0 Å². The normalized spacial score (nSPS) is 10.9. The molecule has 0 unspecified atom stereocenters. The number of quaternary nitrogens is 1. The Kier molecular flexibility index (Phi) is 22.0. The van der Waals surface area contributed by atoms with E-state index in [1.54, 1.807) is 0 Å². The first-order valence-corrected chi connectivity index (χ1v) is 8.68. The molecule has 0 bridgehead atoms. The van der Waals surface area contributed by atoms with Crippen LogP contribution in [0.1, 0.15) is 90.9 Å². The summed E-state index contributed by atoms with van der Waals surface area (Å²) in [4.78, 5) is 0. The largest absolute Gasteiger partial charge is 0.633 e. The number of nitrogens with zero attached hydrogens (tertiary/aromatic N) is 1. The molecule has 0 radical (unpaired) electrons. The molecule has 0 rings (SSSR count). The van der Waals surface area contributed by atoms with Gasteiger partial charge in [0.05, 0.1) is 20.1 Å². The fourth-order valence-electron chi connectivity index (χ4n) is 2.57. The number of unbranched alkanes of at least 4 members (excludes halogenated alkanes) is 10. The number of rotatable bonds is 14. The van der Waals surface area contributed by atoms with Gasteiger partial charge in [-0.1, -0.05) is 65.2 Å².